The predicted molar refractivity (Wildman–Crippen MR) is 107 cm³/mol. The minimum atomic E-state index is -0.231. The van der Waals surface area contributed by atoms with Gasteiger partial charge in [0, 0.05) is 22.9 Å². The molecule has 0 radical (unpaired) electrons. The van der Waals surface area contributed by atoms with Gasteiger partial charge in [-0.1, -0.05) is 41.4 Å². The summed E-state index contributed by atoms with van der Waals surface area (Å²) >= 11 is 0. The van der Waals surface area contributed by atoms with Crippen LogP contribution in [0.1, 0.15) is 31.4 Å². The smallest absolute Gasteiger partial charge is 0.319 e. The average molecular weight is 364 g/mol. The molecule has 1 aromatic heterocycles. The highest BCUT2D eigenvalue weighted by molar-refractivity contribution is 5.90. The molecule has 27 heavy (non-hydrogen) atoms. The van der Waals surface area contributed by atoms with E-state index in [9.17, 15) is 4.79 Å². The molecular weight excluding hydrogens is 340 g/mol. The predicted octanol–water partition coefficient (Wildman–Crippen LogP) is 4.94. The number of anilines is 1. The first kappa shape index (κ1) is 18.6. The molecule has 140 valence electrons. The maximum atomic E-state index is 12.0. The number of urea groups is 1. The highest BCUT2D eigenvalue weighted by Gasteiger charge is 2.12. The van der Waals surface area contributed by atoms with Crippen LogP contribution in [0.2, 0.25) is 0 Å². The number of hydrogen-bond donors (Lipinski definition) is 2. The second kappa shape index (κ2) is 8.03. The van der Waals surface area contributed by atoms with Crippen molar-refractivity contribution in [2.24, 2.45) is 0 Å². The largest absolute Gasteiger partial charge is 0.335 e. The molecule has 2 N–H and O–H groups in total. The molecule has 2 aromatic carbocycles. The van der Waals surface area contributed by atoms with E-state index in [-0.39, 0.29) is 12.1 Å². The molecular formula is C21H24N4O2. The molecule has 1 heterocycles. The monoisotopic (exact) mass is 364 g/mol. The van der Waals surface area contributed by atoms with E-state index in [1.54, 1.807) is 0 Å². The van der Waals surface area contributed by atoms with Gasteiger partial charge in [-0.25, -0.2) is 4.79 Å². The number of rotatable bonds is 5. The number of aryl methyl sites for hydroxylation is 2. The highest BCUT2D eigenvalue weighted by Crippen LogP contribution is 2.25. The summed E-state index contributed by atoms with van der Waals surface area (Å²) < 4.78 is 5.44. The second-order valence-electron chi connectivity index (χ2n) is 6.79. The molecule has 6 nitrogen and oxygen atoms in total. The van der Waals surface area contributed by atoms with Crippen molar-refractivity contribution in [1.82, 2.24) is 15.5 Å². The number of nitrogens with zero attached hydrogens (tertiary/aromatic N) is 2. The topological polar surface area (TPSA) is 80.0 Å². The van der Waals surface area contributed by atoms with E-state index in [4.69, 9.17) is 4.52 Å². The van der Waals surface area contributed by atoms with Crippen molar-refractivity contribution < 1.29 is 9.32 Å². The van der Waals surface area contributed by atoms with E-state index in [2.05, 4.69) is 26.8 Å². The summed E-state index contributed by atoms with van der Waals surface area (Å²) in [6, 6.07) is 13.4. The van der Waals surface area contributed by atoms with Gasteiger partial charge in [0.25, 0.3) is 5.89 Å². The maximum absolute atomic E-state index is 12.0. The number of benzene rings is 2. The first-order valence-electron chi connectivity index (χ1n) is 9.05. The quantitative estimate of drug-likeness (QED) is 0.672. The van der Waals surface area contributed by atoms with Crippen molar-refractivity contribution in [2.45, 2.75) is 40.2 Å². The summed E-state index contributed by atoms with van der Waals surface area (Å²) in [5.41, 5.74) is 4.63. The summed E-state index contributed by atoms with van der Waals surface area (Å²) in [5.74, 6) is 0.958. The van der Waals surface area contributed by atoms with Crippen LogP contribution in [0.15, 0.2) is 47.0 Å². The van der Waals surface area contributed by atoms with Gasteiger partial charge in [0.1, 0.15) is 0 Å². The highest BCUT2D eigenvalue weighted by atomic mass is 16.5. The summed E-state index contributed by atoms with van der Waals surface area (Å²) in [5, 5.41) is 9.80. The molecule has 0 spiro atoms. The van der Waals surface area contributed by atoms with Crippen LogP contribution in [0, 0.1) is 13.8 Å². The Hall–Kier alpha value is -3.15. The lowest BCUT2D eigenvalue weighted by Crippen LogP contribution is -2.35. The molecule has 0 saturated heterocycles. The number of carbonyl (C=O) groups is 1. The van der Waals surface area contributed by atoms with E-state index < -0.39 is 0 Å². The number of nitrogens with one attached hydrogen (secondary N) is 2. The van der Waals surface area contributed by atoms with Crippen LogP contribution in [0.3, 0.4) is 0 Å². The molecule has 6 heteroatoms. The zero-order chi connectivity index (χ0) is 19.4. The van der Waals surface area contributed by atoms with Crippen molar-refractivity contribution in [3.05, 3.63) is 53.6 Å². The van der Waals surface area contributed by atoms with Crippen LogP contribution < -0.4 is 10.6 Å². The van der Waals surface area contributed by atoms with Crippen LogP contribution in [0.4, 0.5) is 10.5 Å². The molecule has 0 aliphatic carbocycles. The number of amides is 2. The summed E-state index contributed by atoms with van der Waals surface area (Å²) in [6.07, 6.45) is 0.873. The maximum Gasteiger partial charge on any atom is 0.319 e. The van der Waals surface area contributed by atoms with Gasteiger partial charge < -0.3 is 15.2 Å². The summed E-state index contributed by atoms with van der Waals surface area (Å²) in [4.78, 5) is 16.5. The first-order chi connectivity index (χ1) is 12.9. The molecule has 0 aliphatic heterocycles. The lowest BCUT2D eigenvalue weighted by molar-refractivity contribution is 0.249. The Labute approximate surface area is 159 Å². The van der Waals surface area contributed by atoms with Crippen LogP contribution in [-0.4, -0.2) is 22.2 Å². The fourth-order valence-corrected chi connectivity index (χ4v) is 2.79. The van der Waals surface area contributed by atoms with Crippen molar-refractivity contribution in [3.63, 3.8) is 0 Å². The molecule has 0 bridgehead atoms. The number of hydrogen-bond acceptors (Lipinski definition) is 4. The minimum Gasteiger partial charge on any atom is -0.335 e. The van der Waals surface area contributed by atoms with Crippen LogP contribution in [0.5, 0.6) is 0 Å². The molecule has 0 unspecified atom stereocenters. The van der Waals surface area contributed by atoms with Gasteiger partial charge in [-0.05, 0) is 51.5 Å². The van der Waals surface area contributed by atoms with Gasteiger partial charge in [-0.15, -0.1) is 0 Å². The Morgan fingerprint density at radius 1 is 1.11 bits per heavy atom. The number of aromatic nitrogens is 2. The Balaban J connectivity index is 1.79. The van der Waals surface area contributed by atoms with Gasteiger partial charge in [-0.2, -0.15) is 4.98 Å². The molecule has 3 rings (SSSR count). The minimum absolute atomic E-state index is 0.116. The number of carbonyl (C=O) groups excluding carboxylic acids is 1. The molecule has 3 aromatic rings. The molecule has 0 aliphatic rings. The lowest BCUT2D eigenvalue weighted by Gasteiger charge is -2.12. The SMILES string of the molecule is CC[C@@H](C)NC(=O)Nc1cccc(-c2noc(-c3cc(C)cc(C)c3)n2)c1. The fourth-order valence-electron chi connectivity index (χ4n) is 2.79. The molecule has 1 atom stereocenters. The fraction of sp³-hybridized carbons (Fsp3) is 0.286. The Kier molecular flexibility index (Phi) is 5.54. The van der Waals surface area contributed by atoms with Gasteiger partial charge in [0.15, 0.2) is 0 Å². The molecule has 2 amide bonds. The summed E-state index contributed by atoms with van der Waals surface area (Å²) in [7, 11) is 0. The van der Waals surface area contributed by atoms with Crippen molar-refractivity contribution in [2.75, 3.05) is 5.32 Å². The zero-order valence-electron chi connectivity index (χ0n) is 16.0. The molecule has 0 fully saturated rings. The average Bonchev–Trinajstić information content (AvgIpc) is 3.11. The normalized spacial score (nSPS) is 11.9. The van der Waals surface area contributed by atoms with E-state index in [1.165, 1.54) is 0 Å². The van der Waals surface area contributed by atoms with Crippen molar-refractivity contribution in [3.8, 4) is 22.8 Å². The standard InChI is InChI=1S/C21H24N4O2/c1-5-15(4)22-21(26)23-18-8-6-7-16(12-18)19-24-20(27-25-19)17-10-13(2)9-14(3)11-17/h6-12,15H,5H2,1-4H3,(H2,22,23,26)/t15-/m1/s1. The third-order valence-corrected chi connectivity index (χ3v) is 4.26. The van der Waals surface area contributed by atoms with Gasteiger partial charge in [0.2, 0.25) is 5.82 Å². The van der Waals surface area contributed by atoms with Crippen LogP contribution in [-0.2, 0) is 0 Å². The van der Waals surface area contributed by atoms with Crippen molar-refractivity contribution in [1.29, 1.82) is 0 Å². The third kappa shape index (κ3) is 4.73. The van der Waals surface area contributed by atoms with Gasteiger partial charge in [0.05, 0.1) is 0 Å². The van der Waals surface area contributed by atoms with E-state index in [1.807, 2.05) is 64.1 Å². The van der Waals surface area contributed by atoms with E-state index in [0.717, 1.165) is 28.7 Å². The van der Waals surface area contributed by atoms with E-state index >= 15 is 0 Å². The van der Waals surface area contributed by atoms with E-state index in [0.29, 0.717) is 17.4 Å². The Morgan fingerprint density at radius 3 is 2.56 bits per heavy atom. The third-order valence-electron chi connectivity index (χ3n) is 4.26. The Bertz CT molecular complexity index is 929. The molecule has 0 saturated carbocycles. The summed E-state index contributed by atoms with van der Waals surface area (Å²) in [6.45, 7) is 8.06. The van der Waals surface area contributed by atoms with Crippen LogP contribution in [0.25, 0.3) is 22.8 Å². The van der Waals surface area contributed by atoms with Crippen LogP contribution >= 0.6 is 0 Å². The van der Waals surface area contributed by atoms with Crippen molar-refractivity contribution >= 4 is 11.7 Å². The lowest BCUT2D eigenvalue weighted by atomic mass is 10.1. The van der Waals surface area contributed by atoms with Gasteiger partial charge >= 0.3 is 6.03 Å². The Morgan fingerprint density at radius 2 is 1.85 bits per heavy atom. The second-order valence-corrected chi connectivity index (χ2v) is 6.79. The zero-order valence-corrected chi connectivity index (χ0v) is 16.0. The van der Waals surface area contributed by atoms with Gasteiger partial charge in [-0.3, -0.25) is 0 Å². The first-order valence-corrected chi connectivity index (χ1v) is 9.05.